The van der Waals surface area contributed by atoms with Gasteiger partial charge in [0.15, 0.2) is 0 Å². The molecule has 2 nitrogen and oxygen atoms in total. The molecule has 18 heavy (non-hydrogen) atoms. The van der Waals surface area contributed by atoms with Crippen LogP contribution in [0.15, 0.2) is 47.2 Å². The van der Waals surface area contributed by atoms with Crippen molar-refractivity contribution in [3.8, 4) is 0 Å². The molecule has 1 aromatic carbocycles. The van der Waals surface area contributed by atoms with E-state index in [9.17, 15) is 0 Å². The summed E-state index contributed by atoms with van der Waals surface area (Å²) in [6.07, 6.45) is 0. The normalized spacial score (nSPS) is 10.7. The number of thiophene rings is 1. The molecule has 3 rings (SSSR count). The molecule has 3 aromatic rings. The van der Waals surface area contributed by atoms with Crippen LogP contribution in [0.3, 0.4) is 0 Å². The van der Waals surface area contributed by atoms with Crippen LogP contribution in [0, 0.1) is 6.92 Å². The van der Waals surface area contributed by atoms with Crippen LogP contribution in [0.2, 0.25) is 0 Å². The van der Waals surface area contributed by atoms with Crippen LogP contribution in [0.1, 0.15) is 11.3 Å². The van der Waals surface area contributed by atoms with Gasteiger partial charge in [-0.15, -0.1) is 0 Å². The lowest BCUT2D eigenvalue weighted by Crippen LogP contribution is -2.00. The predicted molar refractivity (Wildman–Crippen MR) is 78.1 cm³/mol. The van der Waals surface area contributed by atoms with Gasteiger partial charge < -0.3 is 5.32 Å². The van der Waals surface area contributed by atoms with E-state index in [1.54, 1.807) is 11.3 Å². The van der Waals surface area contributed by atoms with Crippen molar-refractivity contribution in [2.24, 2.45) is 0 Å². The minimum Gasteiger partial charge on any atom is -0.380 e. The van der Waals surface area contributed by atoms with E-state index in [0.717, 1.165) is 17.8 Å². The zero-order valence-electron chi connectivity index (χ0n) is 10.2. The molecule has 0 unspecified atom stereocenters. The van der Waals surface area contributed by atoms with Gasteiger partial charge in [0.25, 0.3) is 0 Å². The lowest BCUT2D eigenvalue weighted by molar-refractivity contribution is 1.13. The quantitative estimate of drug-likeness (QED) is 0.757. The first-order valence-corrected chi connectivity index (χ1v) is 6.88. The molecule has 0 aliphatic carbocycles. The molecule has 90 valence electrons. The zero-order valence-corrected chi connectivity index (χ0v) is 11.0. The maximum Gasteiger partial charge on any atom is 0.0708 e. The summed E-state index contributed by atoms with van der Waals surface area (Å²) in [7, 11) is 0. The summed E-state index contributed by atoms with van der Waals surface area (Å²) in [4.78, 5) is 4.56. The third-order valence-corrected chi connectivity index (χ3v) is 3.62. The van der Waals surface area contributed by atoms with E-state index in [4.69, 9.17) is 0 Å². The van der Waals surface area contributed by atoms with Crippen LogP contribution in [0.25, 0.3) is 10.9 Å². The first kappa shape index (κ1) is 11.2. The number of hydrogen-bond acceptors (Lipinski definition) is 3. The van der Waals surface area contributed by atoms with Gasteiger partial charge in [0.1, 0.15) is 0 Å². The fourth-order valence-electron chi connectivity index (χ4n) is 2.10. The summed E-state index contributed by atoms with van der Waals surface area (Å²) in [6, 6.07) is 12.5. The highest BCUT2D eigenvalue weighted by molar-refractivity contribution is 7.08. The number of nitrogens with one attached hydrogen (secondary N) is 1. The van der Waals surface area contributed by atoms with Crippen LogP contribution in [0.5, 0.6) is 0 Å². The third-order valence-electron chi connectivity index (χ3n) is 2.93. The minimum atomic E-state index is 0.834. The number of para-hydroxylation sites is 1. The number of fused-ring (bicyclic) bond motifs is 1. The monoisotopic (exact) mass is 254 g/mol. The van der Waals surface area contributed by atoms with Crippen LogP contribution in [-0.4, -0.2) is 4.98 Å². The van der Waals surface area contributed by atoms with E-state index in [2.05, 4.69) is 51.4 Å². The maximum absolute atomic E-state index is 4.56. The van der Waals surface area contributed by atoms with Crippen molar-refractivity contribution in [2.75, 3.05) is 5.32 Å². The fourth-order valence-corrected chi connectivity index (χ4v) is 2.72. The molecule has 2 aromatic heterocycles. The summed E-state index contributed by atoms with van der Waals surface area (Å²) in [5.41, 5.74) is 4.61. The molecular weight excluding hydrogens is 240 g/mol. The Kier molecular flexibility index (Phi) is 2.99. The highest BCUT2D eigenvalue weighted by Gasteiger charge is 2.03. The number of pyridine rings is 1. The van der Waals surface area contributed by atoms with Gasteiger partial charge in [0.2, 0.25) is 0 Å². The number of aromatic nitrogens is 1. The van der Waals surface area contributed by atoms with E-state index in [1.165, 1.54) is 16.6 Å². The Morgan fingerprint density at radius 3 is 2.94 bits per heavy atom. The molecule has 1 N–H and O–H groups in total. The van der Waals surface area contributed by atoms with Crippen LogP contribution >= 0.6 is 11.3 Å². The zero-order chi connectivity index (χ0) is 12.4. The maximum atomic E-state index is 4.56. The second kappa shape index (κ2) is 4.78. The Balaban J connectivity index is 1.95. The standard InChI is InChI=1S/C15H14N2S/c1-11-8-12(9-16-13-6-7-18-10-13)14-4-2-3-5-15(14)17-11/h2-8,10,16H,9H2,1H3. The lowest BCUT2D eigenvalue weighted by atomic mass is 10.1. The molecule has 0 aliphatic heterocycles. The van der Waals surface area contributed by atoms with Gasteiger partial charge in [0, 0.05) is 28.7 Å². The molecule has 0 spiro atoms. The van der Waals surface area contributed by atoms with Crippen LogP contribution in [0.4, 0.5) is 5.69 Å². The van der Waals surface area contributed by atoms with Crippen molar-refractivity contribution in [3.05, 3.63) is 58.4 Å². The number of anilines is 1. The average Bonchev–Trinajstić information content (AvgIpc) is 2.89. The van der Waals surface area contributed by atoms with Gasteiger partial charge in [-0.25, -0.2) is 0 Å². The summed E-state index contributed by atoms with van der Waals surface area (Å²) in [5, 5.41) is 8.87. The number of aryl methyl sites for hydroxylation is 1. The average molecular weight is 254 g/mol. The van der Waals surface area contributed by atoms with Crippen molar-refractivity contribution in [1.29, 1.82) is 0 Å². The van der Waals surface area contributed by atoms with Gasteiger partial charge in [-0.05, 0) is 36.1 Å². The van der Waals surface area contributed by atoms with Crippen molar-refractivity contribution < 1.29 is 0 Å². The van der Waals surface area contributed by atoms with Crippen molar-refractivity contribution >= 4 is 27.9 Å². The first-order chi connectivity index (χ1) is 8.83. The largest absolute Gasteiger partial charge is 0.380 e. The smallest absolute Gasteiger partial charge is 0.0708 e. The van der Waals surface area contributed by atoms with Crippen molar-refractivity contribution in [3.63, 3.8) is 0 Å². The molecule has 0 atom stereocenters. The molecule has 3 heteroatoms. The Hall–Kier alpha value is -1.87. The molecule has 0 radical (unpaired) electrons. The molecule has 0 saturated carbocycles. The van der Waals surface area contributed by atoms with Gasteiger partial charge in [-0.3, -0.25) is 4.98 Å². The lowest BCUT2D eigenvalue weighted by Gasteiger charge is -2.09. The molecular formula is C15H14N2S. The topological polar surface area (TPSA) is 24.9 Å². The number of benzene rings is 1. The van der Waals surface area contributed by atoms with Crippen molar-refractivity contribution in [2.45, 2.75) is 13.5 Å². The molecule has 0 aliphatic rings. The second-order valence-electron chi connectivity index (χ2n) is 4.31. The highest BCUT2D eigenvalue weighted by atomic mass is 32.1. The Labute approximate surface area is 110 Å². The molecule has 2 heterocycles. The Morgan fingerprint density at radius 1 is 1.22 bits per heavy atom. The molecule has 0 saturated heterocycles. The predicted octanol–water partition coefficient (Wildman–Crippen LogP) is 4.22. The minimum absolute atomic E-state index is 0.834. The van der Waals surface area contributed by atoms with Gasteiger partial charge >= 0.3 is 0 Å². The van der Waals surface area contributed by atoms with Gasteiger partial charge in [0.05, 0.1) is 5.52 Å². The van der Waals surface area contributed by atoms with Gasteiger partial charge in [-0.1, -0.05) is 18.2 Å². The van der Waals surface area contributed by atoms with E-state index in [0.29, 0.717) is 0 Å². The highest BCUT2D eigenvalue weighted by Crippen LogP contribution is 2.20. The van der Waals surface area contributed by atoms with E-state index < -0.39 is 0 Å². The molecule has 0 amide bonds. The van der Waals surface area contributed by atoms with Crippen LogP contribution in [-0.2, 0) is 6.54 Å². The summed E-state index contributed by atoms with van der Waals surface area (Å²) >= 11 is 1.71. The van der Waals surface area contributed by atoms with Crippen LogP contribution < -0.4 is 5.32 Å². The molecule has 0 fully saturated rings. The van der Waals surface area contributed by atoms with E-state index in [-0.39, 0.29) is 0 Å². The Bertz CT molecular complexity index is 659. The summed E-state index contributed by atoms with van der Waals surface area (Å²) < 4.78 is 0. The summed E-state index contributed by atoms with van der Waals surface area (Å²) in [6.45, 7) is 2.88. The first-order valence-electron chi connectivity index (χ1n) is 5.94. The number of nitrogens with zero attached hydrogens (tertiary/aromatic N) is 1. The molecule has 0 bridgehead atoms. The second-order valence-corrected chi connectivity index (χ2v) is 5.09. The summed E-state index contributed by atoms with van der Waals surface area (Å²) in [5.74, 6) is 0. The number of rotatable bonds is 3. The SMILES string of the molecule is Cc1cc(CNc2ccsc2)c2ccccc2n1. The van der Waals surface area contributed by atoms with Crippen molar-refractivity contribution in [1.82, 2.24) is 4.98 Å². The fraction of sp³-hybridized carbons (Fsp3) is 0.133. The number of hydrogen-bond donors (Lipinski definition) is 1. The van der Waals surface area contributed by atoms with Gasteiger partial charge in [-0.2, -0.15) is 11.3 Å². The third kappa shape index (κ3) is 2.22. The van der Waals surface area contributed by atoms with E-state index >= 15 is 0 Å². The Morgan fingerprint density at radius 2 is 2.11 bits per heavy atom. The van der Waals surface area contributed by atoms with E-state index in [1.807, 2.05) is 13.0 Å².